The van der Waals surface area contributed by atoms with Crippen molar-refractivity contribution < 1.29 is 9.72 Å². The number of nitrogens with zero attached hydrogens (tertiary/aromatic N) is 5. The van der Waals surface area contributed by atoms with Crippen molar-refractivity contribution in [2.75, 3.05) is 11.1 Å². The van der Waals surface area contributed by atoms with Crippen LogP contribution in [0.3, 0.4) is 0 Å². The predicted octanol–water partition coefficient (Wildman–Crippen LogP) is 4.59. The lowest BCUT2D eigenvalue weighted by atomic mass is 10.2. The topological polar surface area (TPSA) is 116 Å². The summed E-state index contributed by atoms with van der Waals surface area (Å²) in [4.78, 5) is 27.6. The third-order valence-corrected chi connectivity index (χ3v) is 5.79. The molecule has 0 saturated heterocycles. The summed E-state index contributed by atoms with van der Waals surface area (Å²) in [5, 5.41) is 23.1. The Morgan fingerprint density at radius 2 is 1.94 bits per heavy atom. The molecule has 0 unspecified atom stereocenters. The molecule has 33 heavy (non-hydrogen) atoms. The predicted molar refractivity (Wildman–Crippen MR) is 127 cm³/mol. The van der Waals surface area contributed by atoms with Gasteiger partial charge in [-0.25, -0.2) is 0 Å². The van der Waals surface area contributed by atoms with Gasteiger partial charge in [-0.3, -0.25) is 24.5 Å². The van der Waals surface area contributed by atoms with Gasteiger partial charge in [-0.05, 0) is 49.2 Å². The molecule has 0 spiro atoms. The third-order valence-electron chi connectivity index (χ3n) is 4.87. The van der Waals surface area contributed by atoms with Gasteiger partial charge in [0.15, 0.2) is 11.0 Å². The Balaban J connectivity index is 1.60. The lowest BCUT2D eigenvalue weighted by molar-refractivity contribution is -0.384. The van der Waals surface area contributed by atoms with Gasteiger partial charge in [0.25, 0.3) is 5.69 Å². The van der Waals surface area contributed by atoms with E-state index in [1.807, 2.05) is 47.9 Å². The molecule has 2 aromatic heterocycles. The molecular weight excluding hydrogens is 440 g/mol. The van der Waals surface area contributed by atoms with E-state index in [1.54, 1.807) is 25.4 Å². The monoisotopic (exact) mass is 460 g/mol. The van der Waals surface area contributed by atoms with E-state index in [0.29, 0.717) is 11.0 Å². The number of amides is 1. The minimum Gasteiger partial charge on any atom is -0.320 e. The first-order chi connectivity index (χ1) is 15.9. The number of aryl methyl sites for hydroxylation is 2. The van der Waals surface area contributed by atoms with Gasteiger partial charge in [-0.15, -0.1) is 10.2 Å². The summed E-state index contributed by atoms with van der Waals surface area (Å²) >= 11 is 1.20. The third kappa shape index (κ3) is 4.90. The van der Waals surface area contributed by atoms with E-state index in [2.05, 4.69) is 20.5 Å². The van der Waals surface area contributed by atoms with Crippen LogP contribution in [0.1, 0.15) is 11.1 Å². The Morgan fingerprint density at radius 3 is 2.67 bits per heavy atom. The van der Waals surface area contributed by atoms with Gasteiger partial charge in [0.05, 0.1) is 16.4 Å². The molecule has 4 rings (SSSR count). The fourth-order valence-electron chi connectivity index (χ4n) is 3.29. The van der Waals surface area contributed by atoms with Crippen LogP contribution in [0, 0.1) is 24.0 Å². The second-order valence-corrected chi connectivity index (χ2v) is 8.23. The van der Waals surface area contributed by atoms with Gasteiger partial charge in [0.1, 0.15) is 5.69 Å². The number of rotatable bonds is 7. The molecule has 0 radical (unpaired) electrons. The molecule has 4 aromatic rings. The number of nitro benzene ring substituents is 1. The number of hydrogen-bond donors (Lipinski definition) is 1. The van der Waals surface area contributed by atoms with Crippen LogP contribution in [0.4, 0.5) is 11.4 Å². The zero-order valence-electron chi connectivity index (χ0n) is 17.9. The van der Waals surface area contributed by atoms with Gasteiger partial charge < -0.3 is 5.32 Å². The molecule has 1 amide bonds. The smallest absolute Gasteiger partial charge is 0.293 e. The van der Waals surface area contributed by atoms with Gasteiger partial charge in [-0.1, -0.05) is 36.0 Å². The van der Waals surface area contributed by atoms with Crippen molar-refractivity contribution in [1.82, 2.24) is 19.7 Å². The first-order valence-corrected chi connectivity index (χ1v) is 11.0. The highest BCUT2D eigenvalue weighted by Crippen LogP contribution is 2.30. The first kappa shape index (κ1) is 22.2. The standard InChI is InChI=1S/C23H20N6O3S/c1-15-9-10-18(20(12-15)29(31)32)25-21(30)14-33-23-27-26-22(17-7-5-11-24-13-17)28(23)19-8-4-3-6-16(19)2/h3-13H,14H2,1-2H3,(H,25,30). The summed E-state index contributed by atoms with van der Waals surface area (Å²) in [5.74, 6) is 0.228. The minimum atomic E-state index is -0.509. The Morgan fingerprint density at radius 1 is 1.12 bits per heavy atom. The maximum Gasteiger partial charge on any atom is 0.293 e. The molecule has 2 aromatic carbocycles. The summed E-state index contributed by atoms with van der Waals surface area (Å²) in [6.45, 7) is 3.74. The largest absolute Gasteiger partial charge is 0.320 e. The molecule has 0 bridgehead atoms. The highest BCUT2D eigenvalue weighted by Gasteiger charge is 2.20. The lowest BCUT2D eigenvalue weighted by Crippen LogP contribution is -2.15. The maximum atomic E-state index is 12.6. The molecule has 2 heterocycles. The second-order valence-electron chi connectivity index (χ2n) is 7.28. The zero-order chi connectivity index (χ0) is 23.4. The van der Waals surface area contributed by atoms with Gasteiger partial charge in [0, 0.05) is 24.0 Å². The quantitative estimate of drug-likeness (QED) is 0.244. The van der Waals surface area contributed by atoms with Crippen molar-refractivity contribution in [2.24, 2.45) is 0 Å². The number of carbonyl (C=O) groups is 1. The van der Waals surface area contributed by atoms with Crippen LogP contribution in [-0.4, -0.2) is 36.3 Å². The summed E-state index contributed by atoms with van der Waals surface area (Å²) in [6.07, 6.45) is 3.39. The molecule has 0 fully saturated rings. The van der Waals surface area contributed by atoms with E-state index in [1.165, 1.54) is 23.9 Å². The Bertz CT molecular complexity index is 1320. The number of aromatic nitrogens is 4. The van der Waals surface area contributed by atoms with Crippen molar-refractivity contribution >= 4 is 29.0 Å². The number of thioether (sulfide) groups is 1. The summed E-state index contributed by atoms with van der Waals surface area (Å²) in [6, 6.07) is 16.2. The van der Waals surface area contributed by atoms with Crippen molar-refractivity contribution in [2.45, 2.75) is 19.0 Å². The summed E-state index contributed by atoms with van der Waals surface area (Å²) in [7, 11) is 0. The van der Waals surface area contributed by atoms with Crippen LogP contribution in [0.25, 0.3) is 17.1 Å². The van der Waals surface area contributed by atoms with Crippen molar-refractivity contribution in [1.29, 1.82) is 0 Å². The van der Waals surface area contributed by atoms with Gasteiger partial charge in [-0.2, -0.15) is 0 Å². The van der Waals surface area contributed by atoms with Crippen molar-refractivity contribution in [3.63, 3.8) is 0 Å². The molecule has 9 nitrogen and oxygen atoms in total. The number of benzene rings is 2. The molecule has 1 N–H and O–H groups in total. The van der Waals surface area contributed by atoms with Crippen LogP contribution in [-0.2, 0) is 4.79 Å². The number of nitro groups is 1. The number of para-hydroxylation sites is 1. The molecule has 166 valence electrons. The van der Waals surface area contributed by atoms with Crippen LogP contribution in [0.2, 0.25) is 0 Å². The van der Waals surface area contributed by atoms with Crippen molar-refractivity contribution in [3.8, 4) is 17.1 Å². The molecule has 10 heteroatoms. The van der Waals surface area contributed by atoms with Crippen LogP contribution in [0.15, 0.2) is 72.1 Å². The molecule has 0 saturated carbocycles. The molecular formula is C23H20N6O3S. The highest BCUT2D eigenvalue weighted by molar-refractivity contribution is 7.99. The van der Waals surface area contributed by atoms with Crippen LogP contribution < -0.4 is 5.32 Å². The second kappa shape index (κ2) is 9.61. The first-order valence-electron chi connectivity index (χ1n) is 10.0. The molecule has 0 aliphatic heterocycles. The molecule has 0 atom stereocenters. The average Bonchev–Trinajstić information content (AvgIpc) is 3.23. The lowest BCUT2D eigenvalue weighted by Gasteiger charge is -2.12. The minimum absolute atomic E-state index is 0.00207. The zero-order valence-corrected chi connectivity index (χ0v) is 18.7. The number of pyridine rings is 1. The van der Waals surface area contributed by atoms with E-state index < -0.39 is 4.92 Å². The molecule has 0 aliphatic rings. The van der Waals surface area contributed by atoms with E-state index in [9.17, 15) is 14.9 Å². The van der Waals surface area contributed by atoms with E-state index in [-0.39, 0.29) is 23.0 Å². The maximum absolute atomic E-state index is 12.6. The number of nitrogens with one attached hydrogen (secondary N) is 1. The Kier molecular flexibility index (Phi) is 6.45. The number of hydrogen-bond acceptors (Lipinski definition) is 7. The highest BCUT2D eigenvalue weighted by atomic mass is 32.2. The van der Waals surface area contributed by atoms with E-state index in [0.717, 1.165) is 22.4 Å². The fourth-order valence-corrected chi connectivity index (χ4v) is 4.04. The van der Waals surface area contributed by atoms with Crippen molar-refractivity contribution in [3.05, 3.63) is 88.2 Å². The van der Waals surface area contributed by atoms with E-state index >= 15 is 0 Å². The average molecular weight is 461 g/mol. The fraction of sp³-hybridized carbons (Fsp3) is 0.130. The summed E-state index contributed by atoms with van der Waals surface area (Å²) in [5.41, 5.74) is 3.45. The Labute approximate surface area is 194 Å². The van der Waals surface area contributed by atoms with Gasteiger partial charge in [0.2, 0.25) is 5.91 Å². The Hall–Kier alpha value is -4.05. The summed E-state index contributed by atoms with van der Waals surface area (Å²) < 4.78 is 1.89. The molecule has 0 aliphatic carbocycles. The number of anilines is 1. The van der Waals surface area contributed by atoms with Crippen LogP contribution in [0.5, 0.6) is 0 Å². The SMILES string of the molecule is Cc1ccc(NC(=O)CSc2nnc(-c3cccnc3)n2-c2ccccc2C)c([N+](=O)[O-])c1. The van der Waals surface area contributed by atoms with E-state index in [4.69, 9.17) is 0 Å². The van der Waals surface area contributed by atoms with Gasteiger partial charge >= 0.3 is 0 Å². The number of carbonyl (C=O) groups excluding carboxylic acids is 1. The van der Waals surface area contributed by atoms with Crippen LogP contribution >= 0.6 is 11.8 Å². The normalized spacial score (nSPS) is 10.7.